The summed E-state index contributed by atoms with van der Waals surface area (Å²) in [5.74, 6) is 0. The summed E-state index contributed by atoms with van der Waals surface area (Å²) in [6, 6.07) is 11.8. The Hall–Kier alpha value is -2.27. The molecule has 2 aromatic rings. The van der Waals surface area contributed by atoms with Crippen LogP contribution in [0.4, 0.5) is 17.1 Å². The van der Waals surface area contributed by atoms with E-state index in [0.29, 0.717) is 22.9 Å². The highest BCUT2D eigenvalue weighted by atomic mass is 35.5. The van der Waals surface area contributed by atoms with Gasteiger partial charge in [-0.25, -0.2) is 0 Å². The molecule has 0 unspecified atom stereocenters. The van der Waals surface area contributed by atoms with Crippen LogP contribution in [0, 0.1) is 10.1 Å². The van der Waals surface area contributed by atoms with Crippen molar-refractivity contribution < 1.29 is 4.92 Å². The lowest BCUT2D eigenvalue weighted by Gasteiger charge is -2.10. The normalized spacial score (nSPS) is 10.2. The summed E-state index contributed by atoms with van der Waals surface area (Å²) in [7, 11) is 0. The van der Waals surface area contributed by atoms with Gasteiger partial charge in [-0.1, -0.05) is 29.8 Å². The number of nitrogen functional groups attached to an aromatic ring is 1. The molecule has 0 amide bonds. The fourth-order valence-corrected chi connectivity index (χ4v) is 1.89. The Morgan fingerprint density at radius 1 is 1.26 bits per heavy atom. The van der Waals surface area contributed by atoms with Crippen LogP contribution in [0.25, 0.3) is 0 Å². The molecule has 0 heterocycles. The molecular weight excluding hydrogens is 266 g/mol. The molecule has 0 atom stereocenters. The number of nitrogens with zero attached hydrogens (tertiary/aromatic N) is 1. The Bertz CT molecular complexity index is 617. The highest BCUT2D eigenvalue weighted by molar-refractivity contribution is 6.33. The van der Waals surface area contributed by atoms with Crippen molar-refractivity contribution >= 4 is 28.7 Å². The topological polar surface area (TPSA) is 81.2 Å². The van der Waals surface area contributed by atoms with Crippen LogP contribution in [0.3, 0.4) is 0 Å². The first kappa shape index (κ1) is 13.2. The molecule has 0 saturated carbocycles. The van der Waals surface area contributed by atoms with Crippen LogP contribution in [0.15, 0.2) is 42.5 Å². The van der Waals surface area contributed by atoms with Crippen LogP contribution in [0.1, 0.15) is 5.56 Å². The molecule has 0 aromatic heterocycles. The van der Waals surface area contributed by atoms with Gasteiger partial charge >= 0.3 is 0 Å². The number of para-hydroxylation sites is 1. The van der Waals surface area contributed by atoms with E-state index in [0.717, 1.165) is 5.56 Å². The van der Waals surface area contributed by atoms with Crippen LogP contribution in [0.5, 0.6) is 0 Å². The van der Waals surface area contributed by atoms with E-state index in [4.69, 9.17) is 17.3 Å². The Morgan fingerprint density at radius 2 is 2.00 bits per heavy atom. The minimum Gasteiger partial charge on any atom is -0.398 e. The second kappa shape index (κ2) is 5.58. The van der Waals surface area contributed by atoms with Crippen molar-refractivity contribution in [3.8, 4) is 0 Å². The molecular formula is C13H12ClN3O2. The first-order valence-corrected chi connectivity index (χ1v) is 5.97. The third-order valence-corrected chi connectivity index (χ3v) is 3.00. The highest BCUT2D eigenvalue weighted by Gasteiger charge is 2.09. The second-order valence-corrected chi connectivity index (χ2v) is 4.38. The predicted octanol–water partition coefficient (Wildman–Crippen LogP) is 3.44. The van der Waals surface area contributed by atoms with Crippen molar-refractivity contribution in [2.75, 3.05) is 11.1 Å². The Balaban J connectivity index is 2.12. The van der Waals surface area contributed by atoms with Crippen molar-refractivity contribution in [1.82, 2.24) is 0 Å². The smallest absolute Gasteiger partial charge is 0.271 e. The number of non-ortho nitro benzene ring substituents is 1. The van der Waals surface area contributed by atoms with Gasteiger partial charge in [0, 0.05) is 24.4 Å². The first-order chi connectivity index (χ1) is 9.08. The number of anilines is 2. The first-order valence-electron chi connectivity index (χ1n) is 5.59. The lowest BCUT2D eigenvalue weighted by atomic mass is 10.2. The molecule has 0 aliphatic heterocycles. The number of halogens is 1. The molecule has 0 fully saturated rings. The lowest BCUT2D eigenvalue weighted by Crippen LogP contribution is -2.03. The molecule has 2 rings (SSSR count). The van der Waals surface area contributed by atoms with Gasteiger partial charge in [0.25, 0.3) is 5.69 Å². The number of nitro benzene ring substituents is 1. The Kier molecular flexibility index (Phi) is 3.87. The SMILES string of the molecule is Nc1ccccc1CNc1ccc([N+](=O)[O-])cc1Cl. The molecule has 19 heavy (non-hydrogen) atoms. The van der Waals surface area contributed by atoms with Gasteiger partial charge in [0.2, 0.25) is 0 Å². The number of nitro groups is 1. The average Bonchev–Trinajstić information content (AvgIpc) is 2.39. The number of nitrogens with two attached hydrogens (primary N) is 1. The van der Waals surface area contributed by atoms with Crippen molar-refractivity contribution in [1.29, 1.82) is 0 Å². The van der Waals surface area contributed by atoms with E-state index in [1.807, 2.05) is 24.3 Å². The molecule has 2 aromatic carbocycles. The maximum atomic E-state index is 10.6. The minimum absolute atomic E-state index is 0.0326. The van der Waals surface area contributed by atoms with E-state index in [2.05, 4.69) is 5.32 Å². The van der Waals surface area contributed by atoms with E-state index in [9.17, 15) is 10.1 Å². The van der Waals surface area contributed by atoms with E-state index < -0.39 is 4.92 Å². The predicted molar refractivity (Wildman–Crippen MR) is 76.3 cm³/mol. The molecule has 5 nitrogen and oxygen atoms in total. The summed E-state index contributed by atoms with van der Waals surface area (Å²) in [6.07, 6.45) is 0. The fraction of sp³-hybridized carbons (Fsp3) is 0.0769. The molecule has 0 radical (unpaired) electrons. The molecule has 0 aliphatic rings. The average molecular weight is 278 g/mol. The van der Waals surface area contributed by atoms with E-state index in [1.165, 1.54) is 12.1 Å². The van der Waals surface area contributed by atoms with E-state index in [-0.39, 0.29) is 5.69 Å². The van der Waals surface area contributed by atoms with Gasteiger partial charge in [-0.15, -0.1) is 0 Å². The maximum Gasteiger partial charge on any atom is 0.271 e. The summed E-state index contributed by atoms with van der Waals surface area (Å²) < 4.78 is 0. The third-order valence-electron chi connectivity index (χ3n) is 2.69. The third kappa shape index (κ3) is 3.14. The van der Waals surface area contributed by atoms with Gasteiger partial charge in [-0.05, 0) is 17.7 Å². The largest absolute Gasteiger partial charge is 0.398 e. The molecule has 3 N–H and O–H groups in total. The van der Waals surface area contributed by atoms with Crippen molar-refractivity contribution in [2.24, 2.45) is 0 Å². The van der Waals surface area contributed by atoms with Gasteiger partial charge in [-0.3, -0.25) is 10.1 Å². The van der Waals surface area contributed by atoms with Gasteiger partial charge in [-0.2, -0.15) is 0 Å². The zero-order valence-corrected chi connectivity index (χ0v) is 10.7. The quantitative estimate of drug-likeness (QED) is 0.509. The maximum absolute atomic E-state index is 10.6. The van der Waals surface area contributed by atoms with Gasteiger partial charge < -0.3 is 11.1 Å². The number of nitrogens with one attached hydrogen (secondary N) is 1. The fourth-order valence-electron chi connectivity index (χ4n) is 1.65. The van der Waals surface area contributed by atoms with Crippen molar-refractivity contribution in [2.45, 2.75) is 6.54 Å². The number of rotatable bonds is 4. The van der Waals surface area contributed by atoms with Gasteiger partial charge in [0.15, 0.2) is 0 Å². The summed E-state index contributed by atoms with van der Waals surface area (Å²) in [5, 5.41) is 14.0. The lowest BCUT2D eigenvalue weighted by molar-refractivity contribution is -0.384. The van der Waals surface area contributed by atoms with E-state index in [1.54, 1.807) is 6.07 Å². The Labute approximate surface area is 115 Å². The van der Waals surface area contributed by atoms with Crippen molar-refractivity contribution in [3.63, 3.8) is 0 Å². The second-order valence-electron chi connectivity index (χ2n) is 3.97. The molecule has 0 saturated heterocycles. The molecule has 6 heteroatoms. The molecule has 98 valence electrons. The minimum atomic E-state index is -0.481. The summed E-state index contributed by atoms with van der Waals surface area (Å²) in [6.45, 7) is 0.504. The standard InChI is InChI=1S/C13H12ClN3O2/c14-11-7-10(17(18)19)5-6-13(11)16-8-9-3-1-2-4-12(9)15/h1-7,16H,8,15H2. The highest BCUT2D eigenvalue weighted by Crippen LogP contribution is 2.27. The van der Waals surface area contributed by atoms with Crippen LogP contribution in [-0.4, -0.2) is 4.92 Å². The molecule has 0 bridgehead atoms. The zero-order chi connectivity index (χ0) is 13.8. The summed E-state index contributed by atoms with van der Waals surface area (Å²) >= 11 is 5.98. The van der Waals surface area contributed by atoms with Crippen LogP contribution in [-0.2, 0) is 6.54 Å². The zero-order valence-electron chi connectivity index (χ0n) is 9.97. The van der Waals surface area contributed by atoms with Crippen LogP contribution >= 0.6 is 11.6 Å². The Morgan fingerprint density at radius 3 is 2.63 bits per heavy atom. The van der Waals surface area contributed by atoms with Crippen LogP contribution < -0.4 is 11.1 Å². The molecule has 0 aliphatic carbocycles. The van der Waals surface area contributed by atoms with Gasteiger partial charge in [0.1, 0.15) is 0 Å². The molecule has 0 spiro atoms. The number of hydrogen-bond donors (Lipinski definition) is 2. The van der Waals surface area contributed by atoms with E-state index >= 15 is 0 Å². The number of benzene rings is 2. The summed E-state index contributed by atoms with van der Waals surface area (Å²) in [5.41, 5.74) is 8.06. The van der Waals surface area contributed by atoms with Crippen molar-refractivity contribution in [3.05, 3.63) is 63.2 Å². The monoisotopic (exact) mass is 277 g/mol. The summed E-state index contributed by atoms with van der Waals surface area (Å²) in [4.78, 5) is 10.1. The van der Waals surface area contributed by atoms with Crippen LogP contribution in [0.2, 0.25) is 5.02 Å². The van der Waals surface area contributed by atoms with Gasteiger partial charge in [0.05, 0.1) is 15.6 Å². The number of hydrogen-bond acceptors (Lipinski definition) is 4.